The molecule has 106 valence electrons. The Balaban J connectivity index is 2.08. The smallest absolute Gasteiger partial charge is 0.281 e. The van der Waals surface area contributed by atoms with Gasteiger partial charge in [-0.1, -0.05) is 13.0 Å². The molecule has 2 aromatic rings. The van der Waals surface area contributed by atoms with E-state index in [4.69, 9.17) is 10.5 Å². The van der Waals surface area contributed by atoms with Gasteiger partial charge in [-0.25, -0.2) is 4.63 Å². The van der Waals surface area contributed by atoms with Gasteiger partial charge in [-0.05, 0) is 35.8 Å². The highest BCUT2D eigenvalue weighted by Gasteiger charge is 2.16. The Morgan fingerprint density at radius 1 is 1.50 bits per heavy atom. The number of carbonyl (C=O) groups excluding carboxylic acids is 1. The quantitative estimate of drug-likeness (QED) is 0.866. The van der Waals surface area contributed by atoms with E-state index in [0.29, 0.717) is 11.4 Å². The molecule has 1 atom stereocenters. The Bertz CT molecular complexity index is 597. The maximum absolute atomic E-state index is 11.9. The van der Waals surface area contributed by atoms with Gasteiger partial charge in [0.15, 0.2) is 0 Å². The van der Waals surface area contributed by atoms with E-state index in [0.717, 1.165) is 6.42 Å². The number of anilines is 2. The van der Waals surface area contributed by atoms with Crippen molar-refractivity contribution in [1.82, 2.24) is 10.3 Å². The van der Waals surface area contributed by atoms with Crippen molar-refractivity contribution in [1.29, 1.82) is 0 Å². The van der Waals surface area contributed by atoms with Gasteiger partial charge < -0.3 is 15.8 Å². The van der Waals surface area contributed by atoms with Crippen LogP contribution in [0.2, 0.25) is 0 Å². The standard InChI is InChI=1S/C13H16N4O3/c1-3-8(2)19-10-6-4-5-9(7-10)15-13(18)11-12(14)17-20-16-11/h4-8H,3H2,1-2H3,(H2,14,17)(H,15,18). The van der Waals surface area contributed by atoms with Crippen LogP contribution >= 0.6 is 0 Å². The number of nitrogens with two attached hydrogens (primary N) is 1. The molecule has 1 aromatic heterocycles. The molecule has 3 N–H and O–H groups in total. The van der Waals surface area contributed by atoms with Gasteiger partial charge in [0.1, 0.15) is 5.75 Å². The molecule has 0 fully saturated rings. The summed E-state index contributed by atoms with van der Waals surface area (Å²) in [5.74, 6) is 0.155. The molecule has 1 aromatic carbocycles. The van der Waals surface area contributed by atoms with Crippen molar-refractivity contribution in [3.05, 3.63) is 30.0 Å². The second-order valence-corrected chi connectivity index (χ2v) is 4.32. The van der Waals surface area contributed by atoms with E-state index in [-0.39, 0.29) is 17.6 Å². The summed E-state index contributed by atoms with van der Waals surface area (Å²) in [6.07, 6.45) is 1.01. The maximum atomic E-state index is 11.9. The number of carbonyl (C=O) groups is 1. The zero-order valence-electron chi connectivity index (χ0n) is 11.3. The lowest BCUT2D eigenvalue weighted by molar-refractivity contribution is 0.101. The van der Waals surface area contributed by atoms with E-state index in [2.05, 4.69) is 20.3 Å². The molecule has 7 heteroatoms. The first-order chi connectivity index (χ1) is 9.60. The Hall–Kier alpha value is -2.57. The van der Waals surface area contributed by atoms with Crippen LogP contribution in [0.25, 0.3) is 0 Å². The molecular weight excluding hydrogens is 260 g/mol. The number of ether oxygens (including phenoxy) is 1. The number of nitrogens with one attached hydrogen (secondary N) is 1. The first kappa shape index (κ1) is 13.9. The predicted octanol–water partition coefficient (Wildman–Crippen LogP) is 2.08. The van der Waals surface area contributed by atoms with Crippen LogP contribution in [0.3, 0.4) is 0 Å². The number of amides is 1. The average Bonchev–Trinajstić information content (AvgIpc) is 2.85. The first-order valence-electron chi connectivity index (χ1n) is 6.26. The van der Waals surface area contributed by atoms with Crippen molar-refractivity contribution >= 4 is 17.4 Å². The molecule has 0 spiro atoms. The molecule has 0 aliphatic carbocycles. The minimum absolute atomic E-state index is 0.0433. The Kier molecular flexibility index (Phi) is 4.19. The van der Waals surface area contributed by atoms with E-state index in [1.165, 1.54) is 0 Å². The number of nitrogen functional groups attached to an aromatic ring is 1. The molecular formula is C13H16N4O3. The fourth-order valence-corrected chi connectivity index (χ4v) is 1.51. The van der Waals surface area contributed by atoms with Crippen molar-refractivity contribution in [3.63, 3.8) is 0 Å². The molecule has 0 saturated heterocycles. The van der Waals surface area contributed by atoms with Gasteiger partial charge in [0.05, 0.1) is 6.10 Å². The van der Waals surface area contributed by atoms with Crippen LogP contribution in [0.5, 0.6) is 5.75 Å². The molecule has 1 unspecified atom stereocenters. The van der Waals surface area contributed by atoms with Crippen LogP contribution in [0.15, 0.2) is 28.9 Å². The van der Waals surface area contributed by atoms with E-state index < -0.39 is 5.91 Å². The van der Waals surface area contributed by atoms with Crippen LogP contribution in [0.4, 0.5) is 11.5 Å². The number of rotatable bonds is 5. The van der Waals surface area contributed by atoms with E-state index in [9.17, 15) is 4.79 Å². The van der Waals surface area contributed by atoms with Crippen molar-refractivity contribution in [2.75, 3.05) is 11.1 Å². The Morgan fingerprint density at radius 2 is 2.30 bits per heavy atom. The number of benzene rings is 1. The number of nitrogens with zero attached hydrogens (tertiary/aromatic N) is 2. The summed E-state index contributed by atoms with van der Waals surface area (Å²) < 4.78 is 10.1. The molecule has 0 aliphatic rings. The van der Waals surface area contributed by atoms with Crippen LogP contribution in [-0.4, -0.2) is 22.3 Å². The SMILES string of the molecule is CCC(C)Oc1cccc(NC(=O)c2nonc2N)c1. The fraction of sp³-hybridized carbons (Fsp3) is 0.308. The fourth-order valence-electron chi connectivity index (χ4n) is 1.51. The van der Waals surface area contributed by atoms with Crippen LogP contribution < -0.4 is 15.8 Å². The summed E-state index contributed by atoms with van der Waals surface area (Å²) in [7, 11) is 0. The third kappa shape index (κ3) is 3.25. The van der Waals surface area contributed by atoms with Gasteiger partial charge in [0.2, 0.25) is 11.5 Å². The molecule has 0 aliphatic heterocycles. The molecule has 20 heavy (non-hydrogen) atoms. The third-order valence-electron chi connectivity index (χ3n) is 2.73. The van der Waals surface area contributed by atoms with E-state index >= 15 is 0 Å². The molecule has 2 rings (SSSR count). The van der Waals surface area contributed by atoms with Gasteiger partial charge in [0.25, 0.3) is 5.91 Å². The minimum Gasteiger partial charge on any atom is -0.491 e. The number of hydrogen-bond donors (Lipinski definition) is 2. The highest BCUT2D eigenvalue weighted by atomic mass is 16.6. The normalized spacial score (nSPS) is 11.9. The largest absolute Gasteiger partial charge is 0.491 e. The molecule has 0 radical (unpaired) electrons. The molecule has 7 nitrogen and oxygen atoms in total. The van der Waals surface area contributed by atoms with E-state index in [1.54, 1.807) is 18.2 Å². The zero-order valence-corrected chi connectivity index (χ0v) is 11.3. The van der Waals surface area contributed by atoms with Gasteiger partial charge in [-0.15, -0.1) is 0 Å². The van der Waals surface area contributed by atoms with Gasteiger partial charge in [-0.2, -0.15) is 0 Å². The van der Waals surface area contributed by atoms with Crippen LogP contribution in [0.1, 0.15) is 30.8 Å². The van der Waals surface area contributed by atoms with Crippen molar-refractivity contribution in [2.24, 2.45) is 0 Å². The summed E-state index contributed by atoms with van der Waals surface area (Å²) in [4.78, 5) is 11.9. The summed E-state index contributed by atoms with van der Waals surface area (Å²) in [5, 5.41) is 9.45. The van der Waals surface area contributed by atoms with Crippen LogP contribution in [-0.2, 0) is 0 Å². The van der Waals surface area contributed by atoms with Gasteiger partial charge in [0, 0.05) is 11.8 Å². The van der Waals surface area contributed by atoms with Crippen molar-refractivity contribution in [2.45, 2.75) is 26.4 Å². The molecule has 1 amide bonds. The molecule has 0 saturated carbocycles. The maximum Gasteiger partial charge on any atom is 0.281 e. The lowest BCUT2D eigenvalue weighted by Gasteiger charge is -2.13. The number of hydrogen-bond acceptors (Lipinski definition) is 6. The lowest BCUT2D eigenvalue weighted by Crippen LogP contribution is -2.14. The van der Waals surface area contributed by atoms with Crippen LogP contribution in [0, 0.1) is 0 Å². The summed E-state index contributed by atoms with van der Waals surface area (Å²) in [5.41, 5.74) is 5.99. The highest BCUT2D eigenvalue weighted by Crippen LogP contribution is 2.20. The number of aromatic nitrogens is 2. The second-order valence-electron chi connectivity index (χ2n) is 4.32. The Labute approximate surface area is 116 Å². The molecule has 0 bridgehead atoms. The average molecular weight is 276 g/mol. The minimum atomic E-state index is -0.482. The monoisotopic (exact) mass is 276 g/mol. The third-order valence-corrected chi connectivity index (χ3v) is 2.73. The topological polar surface area (TPSA) is 103 Å². The lowest BCUT2D eigenvalue weighted by atomic mass is 10.2. The van der Waals surface area contributed by atoms with Crippen molar-refractivity contribution in [3.8, 4) is 5.75 Å². The summed E-state index contributed by atoms with van der Waals surface area (Å²) in [6, 6.07) is 7.09. The summed E-state index contributed by atoms with van der Waals surface area (Å²) >= 11 is 0. The predicted molar refractivity (Wildman–Crippen MR) is 73.5 cm³/mol. The first-order valence-corrected chi connectivity index (χ1v) is 6.26. The zero-order chi connectivity index (χ0) is 14.5. The Morgan fingerprint density at radius 3 is 2.95 bits per heavy atom. The highest BCUT2D eigenvalue weighted by molar-refractivity contribution is 6.05. The molecule has 1 heterocycles. The van der Waals surface area contributed by atoms with Gasteiger partial charge >= 0.3 is 0 Å². The summed E-state index contributed by atoms with van der Waals surface area (Å²) in [6.45, 7) is 4.02. The van der Waals surface area contributed by atoms with Gasteiger partial charge in [-0.3, -0.25) is 4.79 Å². The second kappa shape index (κ2) is 6.05. The van der Waals surface area contributed by atoms with Crippen molar-refractivity contribution < 1.29 is 14.2 Å². The van der Waals surface area contributed by atoms with E-state index in [1.807, 2.05) is 19.9 Å².